The lowest BCUT2D eigenvalue weighted by atomic mass is 10.1. The van der Waals surface area contributed by atoms with Crippen LogP contribution in [0.15, 0.2) is 18.2 Å². The summed E-state index contributed by atoms with van der Waals surface area (Å²) in [6, 6.07) is 3.48. The van der Waals surface area contributed by atoms with E-state index in [0.29, 0.717) is 11.5 Å². The first-order valence-electron chi connectivity index (χ1n) is 7.99. The van der Waals surface area contributed by atoms with Crippen LogP contribution in [-0.4, -0.2) is 50.7 Å². The number of rotatable bonds is 8. The van der Waals surface area contributed by atoms with Crippen molar-refractivity contribution in [3.8, 4) is 11.5 Å². The molecule has 0 aliphatic heterocycles. The molecule has 10 heteroatoms. The summed E-state index contributed by atoms with van der Waals surface area (Å²) in [6.45, 7) is 2.77. The standard InChI is InChI=1S/C17H23N3O7/c1-9(2)14(16(23)20-17(18)24)27-13(21)8-19-15(22)10-5-11(25-3)7-12(6-10)26-4/h5-7,9,14H,8H2,1-4H3,(H,19,22)(H3,18,20,23,24)/t14-/m0/s1. The Bertz CT molecular complexity index is 696. The lowest BCUT2D eigenvalue weighted by Gasteiger charge is -2.20. The third kappa shape index (κ3) is 6.84. The van der Waals surface area contributed by atoms with E-state index in [1.807, 2.05) is 5.32 Å². The van der Waals surface area contributed by atoms with Crippen LogP contribution in [0.5, 0.6) is 11.5 Å². The summed E-state index contributed by atoms with van der Waals surface area (Å²) < 4.78 is 15.2. The summed E-state index contributed by atoms with van der Waals surface area (Å²) in [7, 11) is 2.88. The molecule has 0 heterocycles. The highest BCUT2D eigenvalue weighted by atomic mass is 16.5. The van der Waals surface area contributed by atoms with Crippen LogP contribution in [-0.2, 0) is 14.3 Å². The number of carbonyl (C=O) groups is 4. The molecule has 1 rings (SSSR count). The summed E-state index contributed by atoms with van der Waals surface area (Å²) in [5, 5.41) is 4.23. The van der Waals surface area contributed by atoms with Crippen molar-refractivity contribution in [1.82, 2.24) is 10.6 Å². The highest BCUT2D eigenvalue weighted by molar-refractivity contribution is 5.98. The number of urea groups is 1. The van der Waals surface area contributed by atoms with Crippen LogP contribution in [0.25, 0.3) is 0 Å². The predicted octanol–water partition coefficient (Wildman–Crippen LogP) is 0.196. The van der Waals surface area contributed by atoms with Crippen molar-refractivity contribution >= 4 is 23.8 Å². The molecule has 1 atom stereocenters. The maximum atomic E-state index is 12.2. The minimum absolute atomic E-state index is 0.214. The van der Waals surface area contributed by atoms with Crippen molar-refractivity contribution in [1.29, 1.82) is 0 Å². The number of hydrogen-bond donors (Lipinski definition) is 3. The molecule has 10 nitrogen and oxygen atoms in total. The molecule has 0 aliphatic carbocycles. The fourth-order valence-electron chi connectivity index (χ4n) is 2.06. The van der Waals surface area contributed by atoms with Gasteiger partial charge in [-0.15, -0.1) is 0 Å². The SMILES string of the molecule is COc1cc(OC)cc(C(=O)NCC(=O)O[C@H](C(=O)NC(N)=O)C(C)C)c1. The lowest BCUT2D eigenvalue weighted by molar-refractivity contribution is -0.157. The first kappa shape index (κ1) is 21.7. The van der Waals surface area contributed by atoms with Crippen molar-refractivity contribution in [2.24, 2.45) is 11.7 Å². The first-order chi connectivity index (χ1) is 12.7. The average Bonchev–Trinajstić information content (AvgIpc) is 2.62. The molecule has 0 saturated heterocycles. The average molecular weight is 381 g/mol. The van der Waals surface area contributed by atoms with Gasteiger partial charge >= 0.3 is 12.0 Å². The van der Waals surface area contributed by atoms with Crippen LogP contribution in [0.1, 0.15) is 24.2 Å². The van der Waals surface area contributed by atoms with Crippen LogP contribution in [0.4, 0.5) is 4.79 Å². The largest absolute Gasteiger partial charge is 0.497 e. The lowest BCUT2D eigenvalue weighted by Crippen LogP contribution is -2.46. The Morgan fingerprint density at radius 3 is 2.04 bits per heavy atom. The van der Waals surface area contributed by atoms with Gasteiger partial charge in [-0.1, -0.05) is 13.8 Å². The quantitative estimate of drug-likeness (QED) is 0.545. The van der Waals surface area contributed by atoms with E-state index in [2.05, 4.69) is 5.32 Å². The van der Waals surface area contributed by atoms with Gasteiger partial charge in [0.25, 0.3) is 11.8 Å². The Hall–Kier alpha value is -3.30. The van der Waals surface area contributed by atoms with Gasteiger partial charge in [0.05, 0.1) is 14.2 Å². The van der Waals surface area contributed by atoms with Gasteiger partial charge in [0.1, 0.15) is 18.0 Å². The van der Waals surface area contributed by atoms with Crippen molar-refractivity contribution in [3.63, 3.8) is 0 Å². The molecule has 27 heavy (non-hydrogen) atoms. The van der Waals surface area contributed by atoms with Crippen LogP contribution in [0.3, 0.4) is 0 Å². The molecule has 0 aliphatic rings. The smallest absolute Gasteiger partial charge is 0.326 e. The second kappa shape index (κ2) is 10.00. The number of methoxy groups -OCH3 is 2. The Kier molecular flexibility index (Phi) is 8.05. The Morgan fingerprint density at radius 2 is 1.59 bits per heavy atom. The zero-order valence-corrected chi connectivity index (χ0v) is 15.5. The summed E-state index contributed by atoms with van der Waals surface area (Å²) in [5.41, 5.74) is 5.10. The van der Waals surface area contributed by atoms with E-state index in [9.17, 15) is 19.2 Å². The zero-order chi connectivity index (χ0) is 20.6. The molecule has 0 aromatic heterocycles. The van der Waals surface area contributed by atoms with Crippen LogP contribution >= 0.6 is 0 Å². The van der Waals surface area contributed by atoms with Gasteiger partial charge < -0.3 is 25.3 Å². The molecule has 0 bridgehead atoms. The van der Waals surface area contributed by atoms with E-state index in [0.717, 1.165) is 0 Å². The normalized spacial score (nSPS) is 11.3. The topological polar surface area (TPSA) is 146 Å². The fraction of sp³-hybridized carbons (Fsp3) is 0.412. The van der Waals surface area contributed by atoms with E-state index in [4.69, 9.17) is 19.9 Å². The molecule has 4 N–H and O–H groups in total. The maximum absolute atomic E-state index is 12.2. The maximum Gasteiger partial charge on any atom is 0.326 e. The number of amides is 4. The summed E-state index contributed by atoms with van der Waals surface area (Å²) in [6.07, 6.45) is -1.22. The molecule has 148 valence electrons. The molecule has 1 aromatic rings. The highest BCUT2D eigenvalue weighted by Gasteiger charge is 2.27. The summed E-state index contributed by atoms with van der Waals surface area (Å²) >= 11 is 0. The van der Waals surface area contributed by atoms with Crippen molar-refractivity contribution in [3.05, 3.63) is 23.8 Å². The third-order valence-corrected chi connectivity index (χ3v) is 3.38. The number of benzene rings is 1. The minimum Gasteiger partial charge on any atom is -0.497 e. The van der Waals surface area contributed by atoms with Crippen molar-refractivity contribution in [2.75, 3.05) is 20.8 Å². The Labute approximate surface area is 156 Å². The molecule has 0 spiro atoms. The van der Waals surface area contributed by atoms with Gasteiger partial charge in [0, 0.05) is 11.6 Å². The Morgan fingerprint density at radius 1 is 1.04 bits per heavy atom. The van der Waals surface area contributed by atoms with E-state index in [-0.39, 0.29) is 5.56 Å². The number of nitrogens with two attached hydrogens (primary N) is 1. The zero-order valence-electron chi connectivity index (χ0n) is 15.5. The number of hydrogen-bond acceptors (Lipinski definition) is 7. The first-order valence-corrected chi connectivity index (χ1v) is 7.99. The van der Waals surface area contributed by atoms with Gasteiger partial charge in [-0.25, -0.2) is 4.79 Å². The number of imide groups is 1. The second-order valence-electron chi connectivity index (χ2n) is 5.79. The molecule has 0 radical (unpaired) electrons. The molecule has 0 fully saturated rings. The van der Waals surface area contributed by atoms with Crippen LogP contribution < -0.4 is 25.8 Å². The predicted molar refractivity (Wildman–Crippen MR) is 94.3 cm³/mol. The summed E-state index contributed by atoms with van der Waals surface area (Å²) in [4.78, 5) is 46.8. The summed E-state index contributed by atoms with van der Waals surface area (Å²) in [5.74, 6) is -1.85. The number of primary amides is 1. The highest BCUT2D eigenvalue weighted by Crippen LogP contribution is 2.22. The van der Waals surface area contributed by atoms with Gasteiger partial charge in [-0.05, 0) is 18.1 Å². The van der Waals surface area contributed by atoms with E-state index in [1.54, 1.807) is 19.9 Å². The molecule has 0 unspecified atom stereocenters. The van der Waals surface area contributed by atoms with Crippen molar-refractivity contribution in [2.45, 2.75) is 20.0 Å². The van der Waals surface area contributed by atoms with Crippen LogP contribution in [0.2, 0.25) is 0 Å². The van der Waals surface area contributed by atoms with Crippen molar-refractivity contribution < 1.29 is 33.4 Å². The van der Waals surface area contributed by atoms with Gasteiger partial charge in [-0.2, -0.15) is 0 Å². The molecule has 4 amide bonds. The van der Waals surface area contributed by atoms with Gasteiger partial charge in [0.15, 0.2) is 6.10 Å². The minimum atomic E-state index is -1.22. The fourth-order valence-corrected chi connectivity index (χ4v) is 2.06. The number of esters is 1. The molecular weight excluding hydrogens is 358 g/mol. The van der Waals surface area contributed by atoms with E-state index < -0.39 is 42.4 Å². The molecular formula is C17H23N3O7. The van der Waals surface area contributed by atoms with E-state index >= 15 is 0 Å². The van der Waals surface area contributed by atoms with Gasteiger partial charge in [0.2, 0.25) is 0 Å². The Balaban J connectivity index is 2.71. The van der Waals surface area contributed by atoms with E-state index in [1.165, 1.54) is 26.4 Å². The molecule has 1 aromatic carbocycles. The van der Waals surface area contributed by atoms with Crippen LogP contribution in [0, 0.1) is 5.92 Å². The molecule has 0 saturated carbocycles. The monoisotopic (exact) mass is 381 g/mol. The number of ether oxygens (including phenoxy) is 3. The number of nitrogens with one attached hydrogen (secondary N) is 2. The second-order valence-corrected chi connectivity index (χ2v) is 5.79. The number of carbonyl (C=O) groups excluding carboxylic acids is 4. The van der Waals surface area contributed by atoms with Gasteiger partial charge in [-0.3, -0.25) is 19.7 Å². The third-order valence-electron chi connectivity index (χ3n) is 3.38.